The third kappa shape index (κ3) is 6.61. The number of carboxylic acids is 1. The fourth-order valence-electron chi connectivity index (χ4n) is 4.26. The Morgan fingerprint density at radius 1 is 1.26 bits per heavy atom. The van der Waals surface area contributed by atoms with Gasteiger partial charge >= 0.3 is 5.97 Å². The van der Waals surface area contributed by atoms with Crippen molar-refractivity contribution in [3.05, 3.63) is 75.9 Å². The maximum absolute atomic E-state index is 15.3. The van der Waals surface area contributed by atoms with E-state index in [4.69, 9.17) is 16.0 Å². The van der Waals surface area contributed by atoms with E-state index in [0.29, 0.717) is 17.5 Å². The van der Waals surface area contributed by atoms with Gasteiger partial charge < -0.3 is 10.8 Å². The van der Waals surface area contributed by atoms with Crippen molar-refractivity contribution in [1.82, 2.24) is 4.90 Å². The Balaban J connectivity index is 0.00000210. The smallest absolute Gasteiger partial charge is 0.328 e. The molecule has 3 rings (SSSR count). The number of carboxylic acid groups (broad SMARTS) is 1. The summed E-state index contributed by atoms with van der Waals surface area (Å²) in [6.07, 6.45) is 2.35. The van der Waals surface area contributed by atoms with Gasteiger partial charge in [-0.3, -0.25) is 10.3 Å². The number of nitrogens with one attached hydrogen (secondary N) is 2. The first-order valence-electron chi connectivity index (χ1n) is 10.9. The summed E-state index contributed by atoms with van der Waals surface area (Å²) in [5, 5.41) is 19.7. The van der Waals surface area contributed by atoms with Crippen LogP contribution in [0.3, 0.4) is 0 Å². The summed E-state index contributed by atoms with van der Waals surface area (Å²) in [5.74, 6) is -3.22. The van der Waals surface area contributed by atoms with Gasteiger partial charge in [0.1, 0.15) is 17.3 Å². The predicted octanol–water partition coefficient (Wildman–Crippen LogP) is 5.08. The van der Waals surface area contributed by atoms with E-state index in [0.717, 1.165) is 29.8 Å². The van der Waals surface area contributed by atoms with Crippen LogP contribution in [0.15, 0.2) is 41.5 Å². The van der Waals surface area contributed by atoms with Crippen LogP contribution in [0, 0.1) is 22.6 Å². The second-order valence-electron chi connectivity index (χ2n) is 8.79. The molecule has 0 aromatic heterocycles. The normalized spacial score (nSPS) is 17.9. The van der Waals surface area contributed by atoms with Crippen molar-refractivity contribution in [2.45, 2.75) is 44.9 Å². The Kier molecular flexibility index (Phi) is 9.06. The topological polar surface area (TPSA) is 127 Å². The maximum Gasteiger partial charge on any atom is 0.328 e. The first-order valence-corrected chi connectivity index (χ1v) is 10.9. The predicted molar refractivity (Wildman–Crippen MR) is 128 cm³/mol. The van der Waals surface area contributed by atoms with E-state index in [1.165, 1.54) is 20.9 Å². The van der Waals surface area contributed by atoms with Crippen molar-refractivity contribution >= 4 is 17.9 Å². The number of aliphatic carboxylic acids is 1. The van der Waals surface area contributed by atoms with Crippen LogP contribution in [0.5, 0.6) is 0 Å². The fourth-order valence-corrected chi connectivity index (χ4v) is 4.26. The van der Waals surface area contributed by atoms with Gasteiger partial charge in [0.05, 0.1) is 6.04 Å². The van der Waals surface area contributed by atoms with Gasteiger partial charge in [-0.15, -0.1) is 5.11 Å². The molecular weight excluding hydrogens is 459 g/mol. The Morgan fingerprint density at radius 3 is 2.37 bits per heavy atom. The minimum Gasteiger partial charge on any atom is -0.478 e. The van der Waals surface area contributed by atoms with Crippen LogP contribution in [0.2, 0.25) is 0 Å². The number of hydrogen-bond donors (Lipinski definition) is 4. The molecule has 0 bridgehead atoms. The van der Waals surface area contributed by atoms with E-state index >= 15 is 8.78 Å². The van der Waals surface area contributed by atoms with E-state index in [9.17, 15) is 9.18 Å². The zero-order valence-electron chi connectivity index (χ0n) is 20.1. The second kappa shape index (κ2) is 11.4. The highest BCUT2D eigenvalue weighted by Crippen LogP contribution is 2.41. The number of carbonyl (C=O) groups is 1. The highest BCUT2D eigenvalue weighted by Gasteiger charge is 2.39. The molecule has 0 amide bonds. The molecule has 188 valence electrons. The molecule has 0 radical (unpaired) electrons. The summed E-state index contributed by atoms with van der Waals surface area (Å²) in [4.78, 5) is 12.5. The molecule has 0 saturated heterocycles. The number of amidine groups is 1. The minimum absolute atomic E-state index is 0.0541. The lowest BCUT2D eigenvalue weighted by atomic mass is 9.83. The summed E-state index contributed by atoms with van der Waals surface area (Å²) in [5.41, 5.74) is 11.5. The third-order valence-corrected chi connectivity index (χ3v) is 5.59. The lowest BCUT2D eigenvalue weighted by molar-refractivity contribution is -0.131. The van der Waals surface area contributed by atoms with Crippen molar-refractivity contribution in [3.8, 4) is 0 Å². The minimum atomic E-state index is -1.63. The molecule has 0 fully saturated rings. The van der Waals surface area contributed by atoms with Crippen LogP contribution in [-0.4, -0.2) is 47.1 Å². The van der Waals surface area contributed by atoms with Crippen molar-refractivity contribution < 1.29 is 23.1 Å². The fraction of sp³-hybridized carbons (Fsp3) is 0.360. The third-order valence-electron chi connectivity index (χ3n) is 5.59. The molecule has 10 heteroatoms. The van der Waals surface area contributed by atoms with Gasteiger partial charge in [0, 0.05) is 29.8 Å². The number of alkyl halides is 1. The molecule has 0 spiro atoms. The van der Waals surface area contributed by atoms with Gasteiger partial charge in [0.2, 0.25) is 0 Å². The van der Waals surface area contributed by atoms with Crippen LogP contribution in [-0.2, 0) is 11.2 Å². The number of nitrogens with zero attached hydrogens (tertiary/aromatic N) is 2. The molecule has 2 atom stereocenters. The quantitative estimate of drug-likeness (QED) is 0.195. The number of hydrogen-bond acceptors (Lipinski definition) is 5. The maximum atomic E-state index is 15.3. The summed E-state index contributed by atoms with van der Waals surface area (Å²) in [7, 11) is 1.50. The molecule has 2 unspecified atom stereocenters. The summed E-state index contributed by atoms with van der Waals surface area (Å²) in [6, 6.07) is 5.76. The molecule has 2 aromatic rings. The van der Waals surface area contributed by atoms with Crippen molar-refractivity contribution in [2.24, 2.45) is 10.8 Å². The molecule has 0 saturated carbocycles. The number of rotatable bonds is 6. The summed E-state index contributed by atoms with van der Waals surface area (Å²) in [6.45, 7) is 4.57. The first-order chi connectivity index (χ1) is 16.4. The van der Waals surface area contributed by atoms with Crippen molar-refractivity contribution in [1.29, 1.82) is 10.9 Å². The van der Waals surface area contributed by atoms with Gasteiger partial charge in [-0.2, -0.15) is 0 Å². The molecule has 0 aliphatic carbocycles. The Hall–Kier alpha value is -3.37. The standard InChI is InChI=1S/C24H25F3N4O2.CH5N/c1-13-8-16-11-15(23(28)30-29)5-6-17(16)22(31(13)12-24(2,3)27)21-18(25)9-14(10-19(21)26)4-7-20(32)33;1-2/h4-7,9-11,13,22,28-29H,8,12H2,1-3H3,(H,32,33);2H2,1H3/b7-4+,28-23?,30-29?;. The van der Waals surface area contributed by atoms with E-state index in [1.807, 2.05) is 6.92 Å². The highest BCUT2D eigenvalue weighted by molar-refractivity contribution is 5.96. The van der Waals surface area contributed by atoms with E-state index in [-0.39, 0.29) is 29.5 Å². The van der Waals surface area contributed by atoms with Gasteiger partial charge in [-0.25, -0.2) is 23.5 Å². The molecule has 1 aliphatic heterocycles. The molecule has 35 heavy (non-hydrogen) atoms. The van der Waals surface area contributed by atoms with Crippen LogP contribution < -0.4 is 5.73 Å². The monoisotopic (exact) mass is 489 g/mol. The zero-order valence-corrected chi connectivity index (χ0v) is 20.1. The average Bonchev–Trinajstić information content (AvgIpc) is 2.78. The largest absolute Gasteiger partial charge is 0.478 e. The lowest BCUT2D eigenvalue weighted by Crippen LogP contribution is -2.48. The van der Waals surface area contributed by atoms with E-state index < -0.39 is 29.3 Å². The molecular formula is C25H30F3N5O2. The van der Waals surface area contributed by atoms with Crippen LogP contribution in [0.25, 0.3) is 6.08 Å². The highest BCUT2D eigenvalue weighted by atomic mass is 19.1. The SMILES string of the molecule is CC1Cc2cc(C(=N)N=N)ccc2C(c2c(F)cc(/C=C/C(=O)O)cc2F)N1CC(C)(C)F.CN. The van der Waals surface area contributed by atoms with Gasteiger partial charge in [-0.1, -0.05) is 12.1 Å². The van der Waals surface area contributed by atoms with Crippen molar-refractivity contribution in [3.63, 3.8) is 0 Å². The van der Waals surface area contributed by atoms with Crippen LogP contribution in [0.4, 0.5) is 13.2 Å². The Labute approximate surface area is 202 Å². The van der Waals surface area contributed by atoms with Crippen LogP contribution in [0.1, 0.15) is 54.6 Å². The lowest BCUT2D eigenvalue weighted by Gasteiger charge is -2.44. The molecule has 1 heterocycles. The first kappa shape index (κ1) is 27.9. The Bertz CT molecular complexity index is 1120. The summed E-state index contributed by atoms with van der Waals surface area (Å²) < 4.78 is 45.3. The van der Waals surface area contributed by atoms with E-state index in [1.54, 1.807) is 23.1 Å². The van der Waals surface area contributed by atoms with Gasteiger partial charge in [-0.05, 0) is 75.2 Å². The molecule has 5 N–H and O–H groups in total. The van der Waals surface area contributed by atoms with Crippen molar-refractivity contribution in [2.75, 3.05) is 13.6 Å². The van der Waals surface area contributed by atoms with Crippen LogP contribution >= 0.6 is 0 Å². The molecule has 7 nitrogen and oxygen atoms in total. The summed E-state index contributed by atoms with van der Waals surface area (Å²) >= 11 is 0. The molecule has 2 aromatic carbocycles. The zero-order chi connectivity index (χ0) is 26.5. The number of nitrogens with two attached hydrogens (primary N) is 1. The molecule has 1 aliphatic rings. The second-order valence-corrected chi connectivity index (χ2v) is 8.79. The number of fused-ring (bicyclic) bond motifs is 1. The van der Waals surface area contributed by atoms with Gasteiger partial charge in [0.15, 0.2) is 5.84 Å². The van der Waals surface area contributed by atoms with Gasteiger partial charge in [0.25, 0.3) is 0 Å². The number of benzene rings is 2. The average molecular weight is 490 g/mol. The van der Waals surface area contributed by atoms with E-state index in [2.05, 4.69) is 10.8 Å². The number of halogens is 3. The Morgan fingerprint density at radius 2 is 1.86 bits per heavy atom.